The number of fused-ring (bicyclic) bond motifs is 1. The molecule has 0 aliphatic heterocycles. The van der Waals surface area contributed by atoms with Gasteiger partial charge in [-0.2, -0.15) is 0 Å². The maximum Gasteiger partial charge on any atom is 0.439 e. The van der Waals surface area contributed by atoms with Crippen LogP contribution in [0.15, 0.2) is 67.5 Å². The van der Waals surface area contributed by atoms with E-state index in [0.717, 1.165) is 16.7 Å². The number of rotatable bonds is 5. The van der Waals surface area contributed by atoms with Crippen LogP contribution in [0.4, 0.5) is 5.69 Å². The minimum Gasteiger partial charge on any atom is -0.455 e. The Morgan fingerprint density at radius 2 is 2.00 bits per heavy atom. The zero-order valence-corrected chi connectivity index (χ0v) is 19.2. The van der Waals surface area contributed by atoms with Crippen LogP contribution in [0.2, 0.25) is 0 Å². The van der Waals surface area contributed by atoms with E-state index in [2.05, 4.69) is 25.0 Å². The lowest BCUT2D eigenvalue weighted by molar-refractivity contribution is 0.388. The Morgan fingerprint density at radius 1 is 1.18 bits per heavy atom. The number of aryl methyl sites for hydroxylation is 2. The Balaban J connectivity index is 1.64. The smallest absolute Gasteiger partial charge is 0.439 e. The van der Waals surface area contributed by atoms with Gasteiger partial charge in [-0.25, -0.2) is 4.79 Å². The van der Waals surface area contributed by atoms with Crippen molar-refractivity contribution in [1.29, 1.82) is 0 Å². The van der Waals surface area contributed by atoms with Crippen molar-refractivity contribution in [2.24, 2.45) is 7.05 Å². The summed E-state index contributed by atoms with van der Waals surface area (Å²) in [5, 5.41) is 7.71. The van der Waals surface area contributed by atoms with Crippen molar-refractivity contribution in [2.45, 2.75) is 26.8 Å². The van der Waals surface area contributed by atoms with E-state index in [-0.39, 0.29) is 17.3 Å². The number of pyridine rings is 1. The van der Waals surface area contributed by atoms with E-state index in [9.17, 15) is 9.59 Å². The monoisotopic (exact) mass is 457 g/mol. The Labute approximate surface area is 194 Å². The summed E-state index contributed by atoms with van der Waals surface area (Å²) >= 11 is 0. The zero-order valence-electron chi connectivity index (χ0n) is 19.2. The van der Waals surface area contributed by atoms with Crippen LogP contribution in [-0.4, -0.2) is 19.7 Å². The molecule has 0 spiro atoms. The van der Waals surface area contributed by atoms with Gasteiger partial charge in [-0.3, -0.25) is 19.3 Å². The van der Waals surface area contributed by atoms with Gasteiger partial charge in [-0.15, -0.1) is 0 Å². The van der Waals surface area contributed by atoms with E-state index < -0.39 is 5.76 Å². The second-order valence-electron chi connectivity index (χ2n) is 8.39. The summed E-state index contributed by atoms with van der Waals surface area (Å²) in [6.07, 6.45) is 5.44. The molecule has 0 saturated heterocycles. The Morgan fingerprint density at radius 3 is 2.71 bits per heavy atom. The number of nitrogens with zero attached hydrogens (tertiary/aromatic N) is 3. The van der Waals surface area contributed by atoms with Crippen LogP contribution < -0.4 is 16.5 Å². The minimum atomic E-state index is -0.657. The normalized spacial score (nSPS) is 12.2. The molecule has 0 saturated carbocycles. The van der Waals surface area contributed by atoms with Gasteiger partial charge in [-0.1, -0.05) is 11.2 Å². The first-order valence-corrected chi connectivity index (χ1v) is 10.8. The number of aromatic amines is 1. The topological polar surface area (TPSA) is 119 Å². The summed E-state index contributed by atoms with van der Waals surface area (Å²) in [4.78, 5) is 31.6. The molecule has 0 amide bonds. The number of hydrogen-bond donors (Lipinski definition) is 2. The third kappa shape index (κ3) is 3.71. The number of aromatic nitrogens is 4. The second-order valence-corrected chi connectivity index (χ2v) is 8.39. The molecule has 2 N–H and O–H groups in total. The first kappa shape index (κ1) is 21.4. The van der Waals surface area contributed by atoms with E-state index in [1.807, 2.05) is 62.1 Å². The summed E-state index contributed by atoms with van der Waals surface area (Å²) in [5.74, 6) is 0.121. The third-order valence-corrected chi connectivity index (χ3v) is 5.80. The highest BCUT2D eigenvalue weighted by Gasteiger charge is 2.20. The molecule has 34 heavy (non-hydrogen) atoms. The molecule has 172 valence electrons. The number of H-pyrrole nitrogens is 1. The standard InChI is InChI=1S/C25H23N5O4/c1-13-10-17(15(3)27-19-6-5-8-26-20(19)24-28-25(32)34-29-24)23-18(11-13)21(31)14(2)22(33-23)16-7-9-30(4)12-16/h5-12,15,27H,1-4H3,(H,28,29,32). The van der Waals surface area contributed by atoms with Crippen LogP contribution in [-0.2, 0) is 7.05 Å². The second kappa shape index (κ2) is 8.18. The molecule has 0 radical (unpaired) electrons. The summed E-state index contributed by atoms with van der Waals surface area (Å²) < 4.78 is 12.9. The first-order chi connectivity index (χ1) is 16.3. The van der Waals surface area contributed by atoms with Gasteiger partial charge in [0.2, 0.25) is 5.82 Å². The van der Waals surface area contributed by atoms with Gasteiger partial charge in [0.25, 0.3) is 0 Å². The molecule has 0 aliphatic rings. The largest absolute Gasteiger partial charge is 0.455 e. The SMILES string of the molecule is Cc1cc(C(C)Nc2cccnc2-c2noc(=O)[nH]2)c2oc(-c3ccn(C)c3)c(C)c(=O)c2c1. The van der Waals surface area contributed by atoms with Gasteiger partial charge in [-0.05, 0) is 50.6 Å². The number of nitrogens with one attached hydrogen (secondary N) is 2. The fourth-order valence-electron chi connectivity index (χ4n) is 4.16. The fourth-order valence-corrected chi connectivity index (χ4v) is 4.16. The van der Waals surface area contributed by atoms with Crippen molar-refractivity contribution in [1.82, 2.24) is 19.7 Å². The molecule has 9 nitrogen and oxygen atoms in total. The highest BCUT2D eigenvalue weighted by Crippen LogP contribution is 2.33. The summed E-state index contributed by atoms with van der Waals surface area (Å²) in [5.41, 5.74) is 4.75. The number of hydrogen-bond acceptors (Lipinski definition) is 7. The average Bonchev–Trinajstić information content (AvgIpc) is 3.44. The van der Waals surface area contributed by atoms with E-state index >= 15 is 0 Å². The first-order valence-electron chi connectivity index (χ1n) is 10.8. The molecule has 5 aromatic rings. The predicted octanol–water partition coefficient (Wildman–Crippen LogP) is 4.33. The lowest BCUT2D eigenvalue weighted by Crippen LogP contribution is -2.13. The summed E-state index contributed by atoms with van der Waals surface area (Å²) in [7, 11) is 1.92. The molecule has 0 aliphatic carbocycles. The maximum absolute atomic E-state index is 13.3. The Kier molecular flexibility index (Phi) is 5.16. The predicted molar refractivity (Wildman–Crippen MR) is 129 cm³/mol. The van der Waals surface area contributed by atoms with Crippen molar-refractivity contribution in [2.75, 3.05) is 5.32 Å². The highest BCUT2D eigenvalue weighted by molar-refractivity contribution is 5.85. The van der Waals surface area contributed by atoms with Gasteiger partial charge in [0.1, 0.15) is 17.0 Å². The third-order valence-electron chi connectivity index (χ3n) is 5.80. The van der Waals surface area contributed by atoms with Gasteiger partial charge in [0.05, 0.1) is 17.1 Å². The lowest BCUT2D eigenvalue weighted by Gasteiger charge is -2.19. The molecule has 5 rings (SSSR count). The Hall–Kier alpha value is -4.40. The lowest BCUT2D eigenvalue weighted by atomic mass is 9.99. The Bertz CT molecular complexity index is 1640. The van der Waals surface area contributed by atoms with Crippen LogP contribution in [0.1, 0.15) is 29.7 Å². The minimum absolute atomic E-state index is 0.0560. The quantitative estimate of drug-likeness (QED) is 0.403. The molecule has 1 unspecified atom stereocenters. The van der Waals surface area contributed by atoms with Crippen LogP contribution in [0, 0.1) is 13.8 Å². The molecular weight excluding hydrogens is 434 g/mol. The van der Waals surface area contributed by atoms with Crippen molar-refractivity contribution < 1.29 is 8.94 Å². The number of anilines is 1. The van der Waals surface area contributed by atoms with Crippen molar-refractivity contribution in [3.05, 3.63) is 86.4 Å². The fraction of sp³-hybridized carbons (Fsp3) is 0.200. The maximum atomic E-state index is 13.3. The molecule has 4 aromatic heterocycles. The van der Waals surface area contributed by atoms with Crippen molar-refractivity contribution in [3.8, 4) is 22.8 Å². The van der Waals surface area contributed by atoms with Crippen LogP contribution in [0.25, 0.3) is 33.8 Å². The van der Waals surface area contributed by atoms with E-state index in [1.165, 1.54) is 0 Å². The zero-order chi connectivity index (χ0) is 24.0. The van der Waals surface area contributed by atoms with E-state index in [0.29, 0.717) is 33.7 Å². The van der Waals surface area contributed by atoms with Gasteiger partial charge < -0.3 is 14.3 Å². The van der Waals surface area contributed by atoms with E-state index in [4.69, 9.17) is 4.42 Å². The molecule has 1 atom stereocenters. The molecule has 0 fully saturated rings. The molecule has 4 heterocycles. The molecular formula is C25H23N5O4. The molecule has 9 heteroatoms. The highest BCUT2D eigenvalue weighted by atomic mass is 16.5. The van der Waals surface area contributed by atoms with Crippen LogP contribution in [0.3, 0.4) is 0 Å². The van der Waals surface area contributed by atoms with E-state index in [1.54, 1.807) is 19.2 Å². The number of benzene rings is 1. The van der Waals surface area contributed by atoms with Crippen LogP contribution in [0.5, 0.6) is 0 Å². The average molecular weight is 457 g/mol. The molecule has 0 bridgehead atoms. The van der Waals surface area contributed by atoms with Gasteiger partial charge in [0.15, 0.2) is 5.43 Å². The van der Waals surface area contributed by atoms with Gasteiger partial charge >= 0.3 is 5.76 Å². The molecule has 1 aromatic carbocycles. The van der Waals surface area contributed by atoms with Crippen LogP contribution >= 0.6 is 0 Å². The van der Waals surface area contributed by atoms with Crippen molar-refractivity contribution >= 4 is 16.7 Å². The summed E-state index contributed by atoms with van der Waals surface area (Å²) in [6.45, 7) is 5.71. The summed E-state index contributed by atoms with van der Waals surface area (Å²) in [6, 6.07) is 9.13. The van der Waals surface area contributed by atoms with Gasteiger partial charge in [0, 0.05) is 42.3 Å². The van der Waals surface area contributed by atoms with Crippen molar-refractivity contribution in [3.63, 3.8) is 0 Å².